The van der Waals surface area contributed by atoms with E-state index in [-0.39, 0.29) is 16.9 Å². The summed E-state index contributed by atoms with van der Waals surface area (Å²) in [7, 11) is -0.226. The van der Waals surface area contributed by atoms with Crippen molar-refractivity contribution < 1.29 is 18.3 Å². The van der Waals surface area contributed by atoms with E-state index >= 15 is 0 Å². The Hall–Kier alpha value is -0.890. The summed E-state index contributed by atoms with van der Waals surface area (Å²) in [6, 6.07) is 1.48. The van der Waals surface area contributed by atoms with Gasteiger partial charge in [-0.3, -0.25) is 0 Å². The van der Waals surface area contributed by atoms with Crippen LogP contribution in [-0.4, -0.2) is 38.4 Å². The number of hydrogen-bond donors (Lipinski definition) is 2. The molecule has 20 heavy (non-hydrogen) atoms. The Morgan fingerprint density at radius 3 is 2.60 bits per heavy atom. The van der Waals surface area contributed by atoms with Crippen LogP contribution in [0.4, 0.5) is 0 Å². The van der Waals surface area contributed by atoms with Gasteiger partial charge in [0.05, 0.1) is 11.5 Å². The summed E-state index contributed by atoms with van der Waals surface area (Å²) < 4.78 is 33.6. The predicted molar refractivity (Wildman–Crippen MR) is 76.8 cm³/mol. The molecule has 0 saturated carbocycles. The first-order valence-electron chi connectivity index (χ1n) is 6.46. The molecule has 0 atom stereocenters. The third-order valence-corrected chi connectivity index (χ3v) is 4.65. The first kappa shape index (κ1) is 17.2. The van der Waals surface area contributed by atoms with E-state index in [4.69, 9.17) is 9.84 Å². The van der Waals surface area contributed by atoms with Crippen molar-refractivity contribution in [2.45, 2.75) is 31.8 Å². The lowest BCUT2D eigenvalue weighted by molar-refractivity contribution is 0.153. The summed E-state index contributed by atoms with van der Waals surface area (Å²) in [4.78, 5) is 0.173. The molecule has 116 valence electrons. The number of aliphatic hydroxyl groups is 1. The molecule has 1 heterocycles. The summed E-state index contributed by atoms with van der Waals surface area (Å²) in [5, 5.41) is 9.10. The minimum Gasteiger partial charge on any atom is -0.390 e. The number of rotatable bonds is 8. The van der Waals surface area contributed by atoms with Gasteiger partial charge in [0.25, 0.3) is 0 Å². The van der Waals surface area contributed by atoms with Gasteiger partial charge in [0.15, 0.2) is 0 Å². The summed E-state index contributed by atoms with van der Waals surface area (Å²) in [5.41, 5.74) is 0.376. The quantitative estimate of drug-likeness (QED) is 0.746. The maximum atomic E-state index is 12.2. The van der Waals surface area contributed by atoms with E-state index in [2.05, 4.69) is 4.72 Å². The highest BCUT2D eigenvalue weighted by Gasteiger charge is 2.23. The van der Waals surface area contributed by atoms with Crippen LogP contribution in [0, 0.1) is 5.41 Å². The Labute approximate surface area is 120 Å². The van der Waals surface area contributed by atoms with Gasteiger partial charge in [-0.2, -0.15) is 0 Å². The number of aryl methyl sites for hydroxylation is 1. The van der Waals surface area contributed by atoms with Crippen LogP contribution < -0.4 is 4.72 Å². The second-order valence-corrected chi connectivity index (χ2v) is 7.43. The van der Waals surface area contributed by atoms with Gasteiger partial charge in [-0.15, -0.1) is 0 Å². The summed E-state index contributed by atoms with van der Waals surface area (Å²) >= 11 is 0. The second kappa shape index (κ2) is 6.71. The van der Waals surface area contributed by atoms with Crippen molar-refractivity contribution in [1.82, 2.24) is 9.29 Å². The van der Waals surface area contributed by atoms with E-state index in [0.717, 1.165) is 6.42 Å². The SMILES string of the molecule is COCCC(C)(C)CNS(=O)(=O)c1cc(CO)n(C)c1. The van der Waals surface area contributed by atoms with Crippen LogP contribution in [0.25, 0.3) is 0 Å². The highest BCUT2D eigenvalue weighted by Crippen LogP contribution is 2.20. The van der Waals surface area contributed by atoms with Gasteiger partial charge in [0.2, 0.25) is 10.0 Å². The number of sulfonamides is 1. The van der Waals surface area contributed by atoms with E-state index in [9.17, 15) is 8.42 Å². The molecule has 1 aromatic rings. The third-order valence-electron chi connectivity index (χ3n) is 3.28. The molecule has 0 spiro atoms. The van der Waals surface area contributed by atoms with Gasteiger partial charge >= 0.3 is 0 Å². The molecule has 0 saturated heterocycles. The maximum absolute atomic E-state index is 12.2. The molecular weight excluding hydrogens is 280 g/mol. The molecule has 0 fully saturated rings. The van der Waals surface area contributed by atoms with Crippen molar-refractivity contribution in [3.8, 4) is 0 Å². The molecule has 0 aliphatic carbocycles. The zero-order chi connectivity index (χ0) is 15.4. The van der Waals surface area contributed by atoms with Crippen molar-refractivity contribution >= 4 is 10.0 Å². The van der Waals surface area contributed by atoms with E-state index < -0.39 is 10.0 Å². The number of methoxy groups -OCH3 is 1. The van der Waals surface area contributed by atoms with Gasteiger partial charge in [-0.05, 0) is 17.9 Å². The third kappa shape index (κ3) is 4.59. The number of aromatic nitrogens is 1. The maximum Gasteiger partial charge on any atom is 0.242 e. The van der Waals surface area contributed by atoms with E-state index in [0.29, 0.717) is 18.8 Å². The molecule has 1 rings (SSSR count). The Morgan fingerprint density at radius 1 is 1.45 bits per heavy atom. The number of aliphatic hydroxyl groups excluding tert-OH is 1. The van der Waals surface area contributed by atoms with Crippen molar-refractivity contribution in [1.29, 1.82) is 0 Å². The number of nitrogens with one attached hydrogen (secondary N) is 1. The molecule has 0 aliphatic heterocycles. The minimum absolute atomic E-state index is 0.173. The van der Waals surface area contributed by atoms with Gasteiger partial charge in [0, 0.05) is 39.2 Å². The molecule has 0 bridgehead atoms. The molecule has 6 nitrogen and oxygen atoms in total. The van der Waals surface area contributed by atoms with Crippen LogP contribution in [0.5, 0.6) is 0 Å². The Morgan fingerprint density at radius 2 is 2.10 bits per heavy atom. The smallest absolute Gasteiger partial charge is 0.242 e. The second-order valence-electron chi connectivity index (χ2n) is 5.67. The first-order valence-corrected chi connectivity index (χ1v) is 7.95. The van der Waals surface area contributed by atoms with Crippen LogP contribution in [0.1, 0.15) is 26.0 Å². The topological polar surface area (TPSA) is 80.6 Å². The number of ether oxygens (including phenoxy) is 1. The number of nitrogens with zero attached hydrogens (tertiary/aromatic N) is 1. The molecule has 1 aromatic heterocycles. The van der Waals surface area contributed by atoms with Crippen LogP contribution in [-0.2, 0) is 28.4 Å². The molecule has 0 unspecified atom stereocenters. The van der Waals surface area contributed by atoms with Crippen LogP contribution in [0.3, 0.4) is 0 Å². The van der Waals surface area contributed by atoms with E-state index in [1.165, 1.54) is 12.3 Å². The monoisotopic (exact) mass is 304 g/mol. The van der Waals surface area contributed by atoms with Crippen molar-refractivity contribution in [3.05, 3.63) is 18.0 Å². The van der Waals surface area contributed by atoms with Crippen molar-refractivity contribution in [3.63, 3.8) is 0 Å². The molecule has 0 amide bonds. The zero-order valence-electron chi connectivity index (χ0n) is 12.5. The molecule has 2 N–H and O–H groups in total. The van der Waals surface area contributed by atoms with Gasteiger partial charge in [0.1, 0.15) is 0 Å². The standard InChI is InChI=1S/C13H24N2O4S/c1-13(2,5-6-19-4)10-14-20(17,18)12-7-11(9-16)15(3)8-12/h7-8,14,16H,5-6,9-10H2,1-4H3. The van der Waals surface area contributed by atoms with Crippen LogP contribution >= 0.6 is 0 Å². The Kier molecular flexibility index (Phi) is 5.76. The normalized spacial score (nSPS) is 12.8. The predicted octanol–water partition coefficient (Wildman–Crippen LogP) is 0.858. The fraction of sp³-hybridized carbons (Fsp3) is 0.692. The Balaban J connectivity index is 2.74. The molecule has 0 aromatic carbocycles. The molecular formula is C13H24N2O4S. The van der Waals surface area contributed by atoms with E-state index in [1.54, 1.807) is 18.7 Å². The number of hydrogen-bond acceptors (Lipinski definition) is 4. The lowest BCUT2D eigenvalue weighted by Gasteiger charge is -2.24. The largest absolute Gasteiger partial charge is 0.390 e. The summed E-state index contributed by atoms with van der Waals surface area (Å²) in [5.74, 6) is 0. The van der Waals surface area contributed by atoms with Crippen molar-refractivity contribution in [2.24, 2.45) is 12.5 Å². The average molecular weight is 304 g/mol. The highest BCUT2D eigenvalue weighted by molar-refractivity contribution is 7.89. The Bertz CT molecular complexity index is 535. The van der Waals surface area contributed by atoms with Crippen LogP contribution in [0.2, 0.25) is 0 Å². The summed E-state index contributed by atoms with van der Waals surface area (Å²) in [6.45, 7) is 4.71. The van der Waals surface area contributed by atoms with Gasteiger partial charge < -0.3 is 14.4 Å². The fourth-order valence-electron chi connectivity index (χ4n) is 1.72. The molecule has 0 radical (unpaired) electrons. The minimum atomic E-state index is -3.55. The van der Waals surface area contributed by atoms with Gasteiger partial charge in [-0.1, -0.05) is 13.8 Å². The summed E-state index contributed by atoms with van der Waals surface area (Å²) in [6.07, 6.45) is 2.26. The lowest BCUT2D eigenvalue weighted by Crippen LogP contribution is -2.34. The van der Waals surface area contributed by atoms with E-state index in [1.807, 2.05) is 13.8 Å². The highest BCUT2D eigenvalue weighted by atomic mass is 32.2. The average Bonchev–Trinajstić information content (AvgIpc) is 2.76. The first-order chi connectivity index (χ1) is 9.22. The molecule has 0 aliphatic rings. The van der Waals surface area contributed by atoms with Gasteiger partial charge in [-0.25, -0.2) is 13.1 Å². The van der Waals surface area contributed by atoms with Crippen molar-refractivity contribution in [2.75, 3.05) is 20.3 Å². The van der Waals surface area contributed by atoms with Crippen LogP contribution in [0.15, 0.2) is 17.2 Å². The molecule has 7 heteroatoms. The zero-order valence-corrected chi connectivity index (χ0v) is 13.3. The lowest BCUT2D eigenvalue weighted by atomic mass is 9.90. The fourth-order valence-corrected chi connectivity index (χ4v) is 3.06.